The second kappa shape index (κ2) is 6.73. The third-order valence-corrected chi connectivity index (χ3v) is 5.42. The largest absolute Gasteiger partial charge is 0.387 e. The Morgan fingerprint density at radius 1 is 1.37 bits per heavy atom. The van der Waals surface area contributed by atoms with Crippen molar-refractivity contribution in [3.63, 3.8) is 0 Å². The fourth-order valence-corrected chi connectivity index (χ4v) is 3.71. The predicted molar refractivity (Wildman–Crippen MR) is 78.9 cm³/mol. The first-order valence-corrected chi connectivity index (χ1v) is 8.08. The van der Waals surface area contributed by atoms with Crippen LogP contribution in [0.4, 0.5) is 4.39 Å². The minimum Gasteiger partial charge on any atom is -0.387 e. The van der Waals surface area contributed by atoms with Crippen LogP contribution in [0.5, 0.6) is 0 Å². The molecule has 1 fully saturated rings. The van der Waals surface area contributed by atoms with Crippen molar-refractivity contribution < 1.29 is 9.50 Å². The van der Waals surface area contributed by atoms with Crippen molar-refractivity contribution in [3.8, 4) is 0 Å². The van der Waals surface area contributed by atoms with E-state index < -0.39 is 6.10 Å². The summed E-state index contributed by atoms with van der Waals surface area (Å²) >= 11 is 1.91. The molecular formula is C15H22FNOS. The molecule has 106 valence electrons. The number of hydrogen-bond acceptors (Lipinski definition) is 3. The van der Waals surface area contributed by atoms with Crippen LogP contribution in [0.1, 0.15) is 37.4 Å². The molecule has 1 aromatic carbocycles. The van der Waals surface area contributed by atoms with E-state index in [-0.39, 0.29) is 5.82 Å². The third kappa shape index (κ3) is 3.71. The molecule has 1 saturated carbocycles. The normalized spacial score (nSPS) is 19.5. The van der Waals surface area contributed by atoms with E-state index in [1.807, 2.05) is 11.8 Å². The van der Waals surface area contributed by atoms with Crippen molar-refractivity contribution in [2.75, 3.05) is 19.3 Å². The van der Waals surface area contributed by atoms with Crippen LogP contribution in [0.2, 0.25) is 0 Å². The molecule has 19 heavy (non-hydrogen) atoms. The zero-order chi connectivity index (χ0) is 13.7. The van der Waals surface area contributed by atoms with Crippen molar-refractivity contribution in [2.24, 2.45) is 0 Å². The average Bonchev–Trinajstić information content (AvgIpc) is 2.88. The van der Waals surface area contributed by atoms with Gasteiger partial charge in [-0.1, -0.05) is 31.0 Å². The van der Waals surface area contributed by atoms with Crippen LogP contribution in [-0.2, 0) is 0 Å². The molecule has 0 radical (unpaired) electrons. The van der Waals surface area contributed by atoms with Crippen LogP contribution in [0.3, 0.4) is 0 Å². The molecular weight excluding hydrogens is 261 g/mol. The number of aliphatic hydroxyl groups excluding tert-OH is 1. The number of thioether (sulfide) groups is 1. The van der Waals surface area contributed by atoms with Crippen LogP contribution in [0.15, 0.2) is 24.3 Å². The Bertz CT molecular complexity index is 407. The molecule has 0 saturated heterocycles. The van der Waals surface area contributed by atoms with E-state index in [1.165, 1.54) is 31.7 Å². The number of hydrogen-bond donors (Lipinski definition) is 2. The number of benzene rings is 1. The lowest BCUT2D eigenvalue weighted by atomic mass is 10.1. The SMILES string of the molecule is CSC1(CNCC(O)c2ccccc2F)CCCC1. The van der Waals surface area contributed by atoms with E-state index in [1.54, 1.807) is 18.2 Å². The Morgan fingerprint density at radius 2 is 2.05 bits per heavy atom. The Kier molecular flexibility index (Phi) is 5.25. The molecule has 1 unspecified atom stereocenters. The van der Waals surface area contributed by atoms with Crippen LogP contribution >= 0.6 is 11.8 Å². The first-order valence-electron chi connectivity index (χ1n) is 6.85. The van der Waals surface area contributed by atoms with Gasteiger partial charge >= 0.3 is 0 Å². The van der Waals surface area contributed by atoms with E-state index >= 15 is 0 Å². The van der Waals surface area contributed by atoms with Gasteiger partial charge in [-0.3, -0.25) is 0 Å². The van der Waals surface area contributed by atoms with Crippen molar-refractivity contribution in [3.05, 3.63) is 35.6 Å². The van der Waals surface area contributed by atoms with E-state index in [0.717, 1.165) is 6.54 Å². The van der Waals surface area contributed by atoms with Gasteiger partial charge in [-0.2, -0.15) is 11.8 Å². The minimum absolute atomic E-state index is 0.314. The Morgan fingerprint density at radius 3 is 2.68 bits per heavy atom. The Hall–Kier alpha value is -0.580. The van der Waals surface area contributed by atoms with E-state index in [0.29, 0.717) is 16.9 Å². The van der Waals surface area contributed by atoms with Crippen molar-refractivity contribution >= 4 is 11.8 Å². The zero-order valence-corrected chi connectivity index (χ0v) is 12.2. The van der Waals surface area contributed by atoms with Crippen molar-refractivity contribution in [2.45, 2.75) is 36.5 Å². The molecule has 0 aliphatic heterocycles. The first-order chi connectivity index (χ1) is 9.17. The summed E-state index contributed by atoms with van der Waals surface area (Å²) in [5, 5.41) is 13.3. The van der Waals surface area contributed by atoms with Crippen molar-refractivity contribution in [1.82, 2.24) is 5.32 Å². The van der Waals surface area contributed by atoms with Crippen LogP contribution in [-0.4, -0.2) is 29.2 Å². The Balaban J connectivity index is 1.84. The summed E-state index contributed by atoms with van der Waals surface area (Å²) < 4.78 is 13.8. The van der Waals surface area contributed by atoms with Gasteiger partial charge in [-0.15, -0.1) is 0 Å². The van der Waals surface area contributed by atoms with Gasteiger partial charge in [0, 0.05) is 23.4 Å². The molecule has 2 N–H and O–H groups in total. The molecule has 0 amide bonds. The highest BCUT2D eigenvalue weighted by molar-refractivity contribution is 8.00. The molecule has 0 spiro atoms. The van der Waals surface area contributed by atoms with Crippen LogP contribution in [0, 0.1) is 5.82 Å². The monoisotopic (exact) mass is 283 g/mol. The molecule has 1 aromatic rings. The molecule has 0 aromatic heterocycles. The fraction of sp³-hybridized carbons (Fsp3) is 0.600. The lowest BCUT2D eigenvalue weighted by molar-refractivity contribution is 0.169. The maximum atomic E-state index is 13.5. The highest BCUT2D eigenvalue weighted by atomic mass is 32.2. The average molecular weight is 283 g/mol. The van der Waals surface area contributed by atoms with Gasteiger partial charge in [0.05, 0.1) is 6.10 Å². The molecule has 1 aliphatic rings. The minimum atomic E-state index is -0.776. The van der Waals surface area contributed by atoms with Gasteiger partial charge in [-0.25, -0.2) is 4.39 Å². The lowest BCUT2D eigenvalue weighted by Gasteiger charge is -2.27. The molecule has 0 heterocycles. The van der Waals surface area contributed by atoms with Gasteiger partial charge in [0.2, 0.25) is 0 Å². The van der Waals surface area contributed by atoms with Crippen LogP contribution in [0.25, 0.3) is 0 Å². The quantitative estimate of drug-likeness (QED) is 0.841. The van der Waals surface area contributed by atoms with Gasteiger partial charge in [0.1, 0.15) is 5.82 Å². The second-order valence-corrected chi connectivity index (χ2v) is 6.54. The summed E-state index contributed by atoms with van der Waals surface area (Å²) in [7, 11) is 0. The van der Waals surface area contributed by atoms with Crippen LogP contribution < -0.4 is 5.32 Å². The van der Waals surface area contributed by atoms with Crippen molar-refractivity contribution in [1.29, 1.82) is 0 Å². The predicted octanol–water partition coefficient (Wildman–Crippen LogP) is 3.12. The summed E-state index contributed by atoms with van der Waals surface area (Å²) in [5.41, 5.74) is 0.375. The second-order valence-electron chi connectivity index (χ2n) is 5.26. The van der Waals surface area contributed by atoms with Gasteiger partial charge in [0.25, 0.3) is 0 Å². The number of nitrogens with one attached hydrogen (secondary N) is 1. The molecule has 4 heteroatoms. The topological polar surface area (TPSA) is 32.3 Å². The molecule has 2 nitrogen and oxygen atoms in total. The zero-order valence-electron chi connectivity index (χ0n) is 11.4. The molecule has 2 rings (SSSR count). The van der Waals surface area contributed by atoms with E-state index in [9.17, 15) is 9.50 Å². The van der Waals surface area contributed by atoms with Gasteiger partial charge in [0.15, 0.2) is 0 Å². The summed E-state index contributed by atoms with van der Waals surface area (Å²) in [4.78, 5) is 0. The standard InChI is InChI=1S/C15H22FNOS/c1-19-15(8-4-5-9-15)11-17-10-14(18)12-6-2-3-7-13(12)16/h2-3,6-7,14,17-18H,4-5,8-11H2,1H3. The first kappa shape index (κ1) is 14.8. The maximum absolute atomic E-state index is 13.5. The number of aliphatic hydroxyl groups is 1. The third-order valence-electron chi connectivity index (χ3n) is 4.00. The van der Waals surface area contributed by atoms with Gasteiger partial charge in [-0.05, 0) is 25.2 Å². The van der Waals surface area contributed by atoms with E-state index in [4.69, 9.17) is 0 Å². The number of halogens is 1. The highest BCUT2D eigenvalue weighted by Crippen LogP contribution is 2.39. The maximum Gasteiger partial charge on any atom is 0.129 e. The summed E-state index contributed by atoms with van der Waals surface area (Å²) in [5.74, 6) is -0.336. The molecule has 1 aliphatic carbocycles. The van der Waals surface area contributed by atoms with Gasteiger partial charge < -0.3 is 10.4 Å². The molecule has 0 bridgehead atoms. The summed E-state index contributed by atoms with van der Waals surface area (Å²) in [6.45, 7) is 1.29. The lowest BCUT2D eigenvalue weighted by Crippen LogP contribution is -2.37. The smallest absolute Gasteiger partial charge is 0.129 e. The summed E-state index contributed by atoms with van der Waals surface area (Å²) in [6.07, 6.45) is 6.42. The Labute approximate surface area is 118 Å². The summed E-state index contributed by atoms with van der Waals surface area (Å²) in [6, 6.07) is 6.42. The molecule has 1 atom stereocenters. The number of rotatable bonds is 6. The fourth-order valence-electron chi connectivity index (χ4n) is 2.76. The van der Waals surface area contributed by atoms with E-state index in [2.05, 4.69) is 11.6 Å². The highest BCUT2D eigenvalue weighted by Gasteiger charge is 2.32.